The standard InChI is InChI=1S/C18H17N3O9S3/c1-19-14-9-13(32(25,26)27)6-10-7-15(33(28,29)30)17(18(22)16(10)14)21-20-11-4-3-5-12(8-11)31(2,23)24/h3-9,19,22H,1-2H3,(H,25,26,27)(H,28,29,30). The van der Waals surface area contributed by atoms with E-state index in [0.29, 0.717) is 0 Å². The maximum atomic E-state index is 12.0. The van der Waals surface area contributed by atoms with Crippen LogP contribution >= 0.6 is 0 Å². The Balaban J connectivity index is 2.34. The van der Waals surface area contributed by atoms with Gasteiger partial charge < -0.3 is 10.4 Å². The Bertz CT molecular complexity index is 1630. The molecule has 0 saturated carbocycles. The number of rotatable bonds is 6. The van der Waals surface area contributed by atoms with Crippen molar-refractivity contribution in [2.45, 2.75) is 14.7 Å². The second-order valence-electron chi connectivity index (χ2n) is 6.81. The molecule has 0 aliphatic carbocycles. The third-order valence-electron chi connectivity index (χ3n) is 4.48. The van der Waals surface area contributed by atoms with Crippen molar-refractivity contribution < 1.29 is 39.5 Å². The highest BCUT2D eigenvalue weighted by Crippen LogP contribution is 2.45. The highest BCUT2D eigenvalue weighted by molar-refractivity contribution is 7.90. The molecule has 0 fully saturated rings. The first-order valence-corrected chi connectivity index (χ1v) is 13.6. The van der Waals surface area contributed by atoms with E-state index in [4.69, 9.17) is 0 Å². The summed E-state index contributed by atoms with van der Waals surface area (Å²) in [6.45, 7) is 0. The van der Waals surface area contributed by atoms with Crippen molar-refractivity contribution in [3.8, 4) is 5.75 Å². The first-order chi connectivity index (χ1) is 15.1. The van der Waals surface area contributed by atoms with Crippen LogP contribution in [0.5, 0.6) is 5.75 Å². The van der Waals surface area contributed by atoms with Gasteiger partial charge in [-0.1, -0.05) is 6.07 Å². The monoisotopic (exact) mass is 515 g/mol. The van der Waals surface area contributed by atoms with E-state index < -0.39 is 51.3 Å². The molecule has 0 aromatic heterocycles. The Labute approximate surface area is 189 Å². The van der Waals surface area contributed by atoms with E-state index in [1.54, 1.807) is 0 Å². The van der Waals surface area contributed by atoms with E-state index in [-0.39, 0.29) is 27.0 Å². The molecule has 0 amide bonds. The number of nitrogens with zero attached hydrogens (tertiary/aromatic N) is 2. The molecule has 3 rings (SSSR count). The summed E-state index contributed by atoms with van der Waals surface area (Å²) in [5.74, 6) is -0.769. The van der Waals surface area contributed by atoms with E-state index in [9.17, 15) is 39.5 Å². The third kappa shape index (κ3) is 5.12. The van der Waals surface area contributed by atoms with Crippen molar-refractivity contribution in [2.24, 2.45) is 10.2 Å². The van der Waals surface area contributed by atoms with Crippen molar-refractivity contribution in [1.29, 1.82) is 0 Å². The summed E-state index contributed by atoms with van der Waals surface area (Å²) in [5.41, 5.74) is -0.671. The largest absolute Gasteiger partial charge is 0.505 e. The Kier molecular flexibility index (Phi) is 6.20. The fraction of sp³-hybridized carbons (Fsp3) is 0.111. The number of sulfone groups is 1. The van der Waals surface area contributed by atoms with Gasteiger partial charge in [-0.3, -0.25) is 9.11 Å². The Hall–Kier alpha value is -3.11. The smallest absolute Gasteiger partial charge is 0.296 e. The number of hydrogen-bond acceptors (Lipinski definition) is 10. The maximum Gasteiger partial charge on any atom is 0.296 e. The van der Waals surface area contributed by atoms with Crippen LogP contribution in [0.1, 0.15) is 0 Å². The molecular formula is C18H17N3O9S3. The number of fused-ring (bicyclic) bond motifs is 1. The number of aromatic hydroxyl groups is 1. The number of phenolic OH excluding ortho intramolecular Hbond substituents is 1. The second-order valence-corrected chi connectivity index (χ2v) is 11.6. The number of phenols is 1. The predicted octanol–water partition coefficient (Wildman–Crippen LogP) is 2.90. The number of azo groups is 1. The molecule has 0 bridgehead atoms. The summed E-state index contributed by atoms with van der Waals surface area (Å²) in [5, 5.41) is 20.7. The predicted molar refractivity (Wildman–Crippen MR) is 119 cm³/mol. The molecule has 15 heteroatoms. The van der Waals surface area contributed by atoms with Gasteiger partial charge in [0, 0.05) is 24.4 Å². The van der Waals surface area contributed by atoms with Crippen molar-refractivity contribution >= 4 is 57.9 Å². The van der Waals surface area contributed by atoms with Crippen molar-refractivity contribution in [3.05, 3.63) is 42.5 Å². The average molecular weight is 516 g/mol. The molecule has 0 aliphatic heterocycles. The minimum absolute atomic E-state index is 0.00460. The second kappa shape index (κ2) is 8.35. The van der Waals surface area contributed by atoms with Crippen LogP contribution in [0.4, 0.5) is 17.1 Å². The zero-order valence-electron chi connectivity index (χ0n) is 17.0. The van der Waals surface area contributed by atoms with Gasteiger partial charge in [-0.25, -0.2) is 8.42 Å². The summed E-state index contributed by atoms with van der Waals surface area (Å²) in [7, 11) is -11.9. The van der Waals surface area contributed by atoms with Gasteiger partial charge in [-0.15, -0.1) is 5.11 Å². The van der Waals surface area contributed by atoms with Gasteiger partial charge in [0.15, 0.2) is 15.6 Å². The fourth-order valence-corrected chi connectivity index (χ4v) is 4.84. The topological polar surface area (TPSA) is 200 Å². The van der Waals surface area contributed by atoms with Crippen LogP contribution in [-0.2, 0) is 30.1 Å². The quantitative estimate of drug-likeness (QED) is 0.279. The molecule has 12 nitrogen and oxygen atoms in total. The number of hydrogen-bond donors (Lipinski definition) is 4. The summed E-state index contributed by atoms with van der Waals surface area (Å²) in [6.07, 6.45) is 0.981. The molecule has 0 spiro atoms. The Morgan fingerprint density at radius 1 is 0.848 bits per heavy atom. The molecular weight excluding hydrogens is 498 g/mol. The van der Waals surface area contributed by atoms with E-state index in [1.807, 2.05) is 0 Å². The lowest BCUT2D eigenvalue weighted by molar-refractivity contribution is 0.472. The molecule has 33 heavy (non-hydrogen) atoms. The third-order valence-corrected chi connectivity index (χ3v) is 7.29. The summed E-state index contributed by atoms with van der Waals surface area (Å²) < 4.78 is 89.5. The highest BCUT2D eigenvalue weighted by Gasteiger charge is 2.25. The molecule has 0 aliphatic rings. The van der Waals surface area contributed by atoms with Gasteiger partial charge in [-0.05, 0) is 41.8 Å². The maximum absolute atomic E-state index is 12.0. The number of anilines is 1. The van der Waals surface area contributed by atoms with Gasteiger partial charge in [-0.2, -0.15) is 21.9 Å². The van der Waals surface area contributed by atoms with E-state index in [0.717, 1.165) is 24.5 Å². The van der Waals surface area contributed by atoms with Gasteiger partial charge in [0.1, 0.15) is 10.6 Å². The normalized spacial score (nSPS) is 13.0. The fourth-order valence-electron chi connectivity index (χ4n) is 2.98. The zero-order chi connectivity index (χ0) is 24.8. The summed E-state index contributed by atoms with van der Waals surface area (Å²) >= 11 is 0. The Morgan fingerprint density at radius 2 is 1.52 bits per heavy atom. The minimum Gasteiger partial charge on any atom is -0.505 e. The molecule has 176 valence electrons. The van der Waals surface area contributed by atoms with Gasteiger partial charge in [0.05, 0.1) is 15.5 Å². The molecule has 0 atom stereocenters. The van der Waals surface area contributed by atoms with Crippen molar-refractivity contribution in [3.63, 3.8) is 0 Å². The number of nitrogens with one attached hydrogen (secondary N) is 1. The summed E-state index contributed by atoms with van der Waals surface area (Å²) in [6, 6.07) is 7.99. The minimum atomic E-state index is -4.99. The highest BCUT2D eigenvalue weighted by atomic mass is 32.2. The molecule has 4 N–H and O–H groups in total. The molecule has 3 aromatic carbocycles. The van der Waals surface area contributed by atoms with E-state index in [1.165, 1.54) is 31.3 Å². The zero-order valence-corrected chi connectivity index (χ0v) is 19.4. The van der Waals surface area contributed by atoms with E-state index >= 15 is 0 Å². The molecule has 0 saturated heterocycles. The van der Waals surface area contributed by atoms with E-state index in [2.05, 4.69) is 15.5 Å². The van der Waals surface area contributed by atoms with Crippen LogP contribution in [0.25, 0.3) is 10.8 Å². The van der Waals surface area contributed by atoms with Crippen molar-refractivity contribution in [1.82, 2.24) is 0 Å². The van der Waals surface area contributed by atoms with Crippen LogP contribution in [-0.4, -0.2) is 52.8 Å². The lowest BCUT2D eigenvalue weighted by Gasteiger charge is -2.13. The van der Waals surface area contributed by atoms with Crippen LogP contribution in [0.15, 0.2) is 67.4 Å². The number of benzene rings is 3. The summed E-state index contributed by atoms with van der Waals surface area (Å²) in [4.78, 5) is -1.57. The molecule has 0 unspecified atom stereocenters. The SMILES string of the molecule is CNc1cc(S(=O)(=O)O)cc2cc(S(=O)(=O)O)c(N=Nc3cccc(S(C)(=O)=O)c3)c(O)c12. The van der Waals surface area contributed by atoms with Crippen LogP contribution in [0, 0.1) is 0 Å². The molecule has 3 aromatic rings. The lowest BCUT2D eigenvalue weighted by Crippen LogP contribution is -2.03. The Morgan fingerprint density at radius 3 is 2.06 bits per heavy atom. The van der Waals surface area contributed by atoms with Crippen LogP contribution in [0.2, 0.25) is 0 Å². The molecule has 0 heterocycles. The van der Waals surface area contributed by atoms with Crippen LogP contribution in [0.3, 0.4) is 0 Å². The average Bonchev–Trinajstić information content (AvgIpc) is 2.70. The van der Waals surface area contributed by atoms with Gasteiger partial charge in [0.25, 0.3) is 20.2 Å². The van der Waals surface area contributed by atoms with Crippen LogP contribution < -0.4 is 5.32 Å². The van der Waals surface area contributed by atoms with Crippen molar-refractivity contribution in [2.75, 3.05) is 18.6 Å². The first kappa shape index (κ1) is 24.5. The first-order valence-electron chi connectivity index (χ1n) is 8.81. The van der Waals surface area contributed by atoms with Gasteiger partial charge in [0.2, 0.25) is 0 Å². The van der Waals surface area contributed by atoms with Gasteiger partial charge >= 0.3 is 0 Å². The lowest BCUT2D eigenvalue weighted by atomic mass is 10.1. The molecule has 0 radical (unpaired) electrons.